The van der Waals surface area contributed by atoms with Gasteiger partial charge in [-0.1, -0.05) is 17.7 Å². The van der Waals surface area contributed by atoms with Crippen molar-refractivity contribution in [3.63, 3.8) is 0 Å². The third kappa shape index (κ3) is 4.46. The van der Waals surface area contributed by atoms with Gasteiger partial charge in [0.05, 0.1) is 41.7 Å². The highest BCUT2D eigenvalue weighted by atomic mass is 35.5. The van der Waals surface area contributed by atoms with E-state index in [0.717, 1.165) is 53.3 Å². The molecule has 1 aromatic carbocycles. The monoisotopic (exact) mass is 552 g/mol. The molecule has 0 amide bonds. The first-order valence-electron chi connectivity index (χ1n) is 12.0. The Morgan fingerprint density at radius 3 is 2.79 bits per heavy atom. The van der Waals surface area contributed by atoms with Crippen LogP contribution in [0.4, 0.5) is 20.3 Å². The first kappa shape index (κ1) is 24.7. The van der Waals surface area contributed by atoms with Crippen LogP contribution >= 0.6 is 23.1 Å². The molecule has 6 rings (SSSR count). The Labute approximate surface area is 226 Å². The van der Waals surface area contributed by atoms with Gasteiger partial charge in [-0.2, -0.15) is 4.37 Å². The van der Waals surface area contributed by atoms with Crippen molar-refractivity contribution >= 4 is 45.0 Å². The van der Waals surface area contributed by atoms with Gasteiger partial charge in [0.25, 0.3) is 0 Å². The number of aromatic nitrogens is 5. The van der Waals surface area contributed by atoms with Crippen LogP contribution in [-0.4, -0.2) is 37.0 Å². The lowest BCUT2D eigenvalue weighted by molar-refractivity contribution is 0.345. The van der Waals surface area contributed by atoms with Gasteiger partial charge in [-0.25, -0.2) is 18.7 Å². The van der Waals surface area contributed by atoms with Crippen LogP contribution in [0, 0.1) is 11.6 Å². The molecule has 4 aromatic heterocycles. The van der Waals surface area contributed by atoms with E-state index < -0.39 is 17.2 Å². The van der Waals surface area contributed by atoms with Crippen molar-refractivity contribution < 1.29 is 8.78 Å². The number of hydrogen-bond acceptors (Lipinski definition) is 8. The lowest BCUT2D eigenvalue weighted by atomic mass is 9.86. The number of piperidine rings is 1. The highest BCUT2D eigenvalue weighted by Gasteiger charge is 2.35. The normalized spacial score (nSPS) is 17.8. The van der Waals surface area contributed by atoms with E-state index in [4.69, 9.17) is 23.1 Å². The molecule has 0 spiro atoms. The fourth-order valence-corrected chi connectivity index (χ4v) is 5.87. The van der Waals surface area contributed by atoms with Gasteiger partial charge in [-0.05, 0) is 66.3 Å². The van der Waals surface area contributed by atoms with E-state index in [0.29, 0.717) is 40.8 Å². The zero-order chi connectivity index (χ0) is 26.4. The van der Waals surface area contributed by atoms with Gasteiger partial charge in [-0.15, -0.1) is 0 Å². The van der Waals surface area contributed by atoms with E-state index in [2.05, 4.69) is 24.2 Å². The molecule has 5 heterocycles. The van der Waals surface area contributed by atoms with Crippen molar-refractivity contribution in [3.8, 4) is 11.3 Å². The Hall–Kier alpha value is -3.67. The summed E-state index contributed by atoms with van der Waals surface area (Å²) in [6.07, 6.45) is 5.09. The molecule has 0 aliphatic carbocycles. The number of hydrogen-bond donors (Lipinski definition) is 2. The third-order valence-electron chi connectivity index (χ3n) is 6.87. The van der Waals surface area contributed by atoms with Crippen LogP contribution in [0.25, 0.3) is 21.6 Å². The summed E-state index contributed by atoms with van der Waals surface area (Å²) < 4.78 is 33.8. The standard InChI is InChI=1S/C26H23ClF2N8S/c27-22-4-1-3-21(34-22)26(31)7-2-8-36(13-26)20-11-32-19(15-5-6-17(28)18(29)9-15)10-16(20)12-37-14-33-23-24(30)35-38-25(23)37/h1,3-6,9-11,14H,2,7-8,12-13,31H2,(H2,30,35)/t26-/m1/s1. The largest absolute Gasteiger partial charge is 0.381 e. The van der Waals surface area contributed by atoms with Gasteiger partial charge in [0, 0.05) is 18.7 Å². The molecule has 1 atom stereocenters. The first-order valence-corrected chi connectivity index (χ1v) is 13.1. The molecule has 5 aromatic rings. The number of fused-ring (bicyclic) bond motifs is 1. The van der Waals surface area contributed by atoms with Gasteiger partial charge in [-0.3, -0.25) is 4.98 Å². The summed E-state index contributed by atoms with van der Waals surface area (Å²) in [7, 11) is 0. The number of rotatable bonds is 5. The second-order valence-corrected chi connectivity index (χ2v) is 10.6. The molecule has 1 saturated heterocycles. The molecule has 1 aliphatic heterocycles. The second-order valence-electron chi connectivity index (χ2n) is 9.45. The maximum absolute atomic E-state index is 14.0. The van der Waals surface area contributed by atoms with Crippen LogP contribution < -0.4 is 16.4 Å². The van der Waals surface area contributed by atoms with E-state index in [1.165, 1.54) is 17.6 Å². The molecular weight excluding hydrogens is 530 g/mol. The summed E-state index contributed by atoms with van der Waals surface area (Å²) in [6, 6.07) is 11.1. The second kappa shape index (κ2) is 9.57. The van der Waals surface area contributed by atoms with Crippen molar-refractivity contribution in [2.24, 2.45) is 5.73 Å². The average Bonchev–Trinajstić information content (AvgIpc) is 3.48. The van der Waals surface area contributed by atoms with E-state index >= 15 is 0 Å². The summed E-state index contributed by atoms with van der Waals surface area (Å²) >= 11 is 7.44. The summed E-state index contributed by atoms with van der Waals surface area (Å²) in [5.41, 5.74) is 16.3. The van der Waals surface area contributed by atoms with Crippen molar-refractivity contribution in [2.45, 2.75) is 24.9 Å². The highest BCUT2D eigenvalue weighted by molar-refractivity contribution is 7.13. The third-order valence-corrected chi connectivity index (χ3v) is 7.97. The molecule has 1 fully saturated rings. The molecule has 38 heavy (non-hydrogen) atoms. The van der Waals surface area contributed by atoms with E-state index in [-0.39, 0.29) is 0 Å². The minimum absolute atomic E-state index is 0.388. The van der Waals surface area contributed by atoms with Gasteiger partial charge in [0.1, 0.15) is 15.5 Å². The quantitative estimate of drug-likeness (QED) is 0.296. The summed E-state index contributed by atoms with van der Waals surface area (Å²) in [5, 5.41) is 0.399. The number of nitrogen functional groups attached to an aromatic ring is 1. The predicted octanol–water partition coefficient (Wildman–Crippen LogP) is 4.97. The number of nitrogens with two attached hydrogens (primary N) is 2. The molecule has 4 N–H and O–H groups in total. The summed E-state index contributed by atoms with van der Waals surface area (Å²) in [5.74, 6) is -1.44. The minimum atomic E-state index is -0.927. The zero-order valence-electron chi connectivity index (χ0n) is 20.1. The van der Waals surface area contributed by atoms with Gasteiger partial charge < -0.3 is 20.9 Å². The van der Waals surface area contributed by atoms with Crippen molar-refractivity contribution in [1.29, 1.82) is 0 Å². The van der Waals surface area contributed by atoms with Gasteiger partial charge >= 0.3 is 0 Å². The topological polar surface area (TPSA) is 112 Å². The lowest BCUT2D eigenvalue weighted by Gasteiger charge is -2.41. The van der Waals surface area contributed by atoms with Crippen LogP contribution in [-0.2, 0) is 12.1 Å². The number of pyridine rings is 2. The maximum Gasteiger partial charge on any atom is 0.165 e. The molecule has 0 radical (unpaired) electrons. The minimum Gasteiger partial charge on any atom is -0.381 e. The Bertz CT molecular complexity index is 1650. The van der Waals surface area contributed by atoms with Crippen molar-refractivity contribution in [3.05, 3.63) is 83.0 Å². The molecule has 8 nitrogen and oxygen atoms in total. The predicted molar refractivity (Wildman–Crippen MR) is 145 cm³/mol. The molecular formula is C26H23ClF2N8S. The summed E-state index contributed by atoms with van der Waals surface area (Å²) in [6.45, 7) is 1.72. The van der Waals surface area contributed by atoms with Gasteiger partial charge in [0.15, 0.2) is 17.5 Å². The van der Waals surface area contributed by atoms with Gasteiger partial charge in [0.2, 0.25) is 0 Å². The lowest BCUT2D eigenvalue weighted by Crippen LogP contribution is -2.52. The number of benzene rings is 1. The van der Waals surface area contributed by atoms with E-state index in [1.54, 1.807) is 18.6 Å². The van der Waals surface area contributed by atoms with Crippen molar-refractivity contribution in [1.82, 2.24) is 23.9 Å². The molecule has 12 heteroatoms. The highest BCUT2D eigenvalue weighted by Crippen LogP contribution is 2.35. The number of halogens is 3. The molecule has 0 bridgehead atoms. The average molecular weight is 553 g/mol. The smallest absolute Gasteiger partial charge is 0.165 e. The van der Waals surface area contributed by atoms with Crippen LogP contribution in [0.2, 0.25) is 5.15 Å². The van der Waals surface area contributed by atoms with Crippen molar-refractivity contribution in [2.75, 3.05) is 23.7 Å². The first-order chi connectivity index (χ1) is 18.3. The fraction of sp³-hybridized carbons (Fsp3) is 0.231. The SMILES string of the molecule is Nc1nsc2c1ncn2Cc1cc(-c2ccc(F)c(F)c2)ncc1N1CCC[C@](N)(c2cccc(Cl)n2)C1. The van der Waals surface area contributed by atoms with Crippen LogP contribution in [0.15, 0.2) is 55.0 Å². The number of imidazole rings is 1. The number of anilines is 2. The zero-order valence-corrected chi connectivity index (χ0v) is 21.7. The van der Waals surface area contributed by atoms with E-state index in [9.17, 15) is 8.78 Å². The Morgan fingerprint density at radius 1 is 1.11 bits per heavy atom. The molecule has 194 valence electrons. The Morgan fingerprint density at radius 2 is 1.97 bits per heavy atom. The molecule has 1 aliphatic rings. The maximum atomic E-state index is 14.0. The Kier molecular flexibility index (Phi) is 6.21. The van der Waals surface area contributed by atoms with Crippen LogP contribution in [0.1, 0.15) is 24.1 Å². The van der Waals surface area contributed by atoms with E-state index in [1.807, 2.05) is 22.8 Å². The molecule has 0 saturated carbocycles. The Balaban J connectivity index is 1.41. The van der Waals surface area contributed by atoms with Crippen LogP contribution in [0.5, 0.6) is 0 Å². The fourth-order valence-electron chi connectivity index (χ4n) is 4.97. The molecule has 0 unspecified atom stereocenters. The number of nitrogens with zero attached hydrogens (tertiary/aromatic N) is 6. The van der Waals surface area contributed by atoms with Crippen LogP contribution in [0.3, 0.4) is 0 Å². The summed E-state index contributed by atoms with van der Waals surface area (Å²) in [4.78, 5) is 16.6.